The summed E-state index contributed by atoms with van der Waals surface area (Å²) in [4.78, 5) is 19.4. The van der Waals surface area contributed by atoms with Crippen LogP contribution >= 0.6 is 27.7 Å². The van der Waals surface area contributed by atoms with Gasteiger partial charge < -0.3 is 14.4 Å². The van der Waals surface area contributed by atoms with Crippen molar-refractivity contribution in [3.8, 4) is 0 Å². The van der Waals surface area contributed by atoms with Gasteiger partial charge in [0.15, 0.2) is 10.8 Å². The summed E-state index contributed by atoms with van der Waals surface area (Å²) >= 11 is 4.52. The number of hydrogen-bond acceptors (Lipinski definition) is 5. The molecule has 0 aliphatic carbocycles. The van der Waals surface area contributed by atoms with Crippen molar-refractivity contribution in [1.82, 2.24) is 14.5 Å². The van der Waals surface area contributed by atoms with Crippen LogP contribution in [0.5, 0.6) is 0 Å². The Balaban J connectivity index is 2.38. The molecule has 0 spiro atoms. The molecule has 2 aromatic rings. The van der Waals surface area contributed by atoms with Crippen molar-refractivity contribution >= 4 is 44.8 Å². The third kappa shape index (κ3) is 3.46. The highest BCUT2D eigenvalue weighted by Gasteiger charge is 2.13. The number of halogens is 1. The van der Waals surface area contributed by atoms with Gasteiger partial charge in [-0.15, -0.1) is 0 Å². The summed E-state index contributed by atoms with van der Waals surface area (Å²) in [6, 6.07) is 1.86. The molecule has 2 heterocycles. The van der Waals surface area contributed by atoms with E-state index in [9.17, 15) is 4.79 Å². The van der Waals surface area contributed by atoms with Gasteiger partial charge in [0.1, 0.15) is 5.52 Å². The largest absolute Gasteiger partial charge is 0.481 e. The number of fused-ring (bicyclic) bond motifs is 1. The summed E-state index contributed by atoms with van der Waals surface area (Å²) in [6.07, 6.45) is 1.69. The molecule has 6 nitrogen and oxygen atoms in total. The van der Waals surface area contributed by atoms with Crippen LogP contribution in [0.4, 0.5) is 0 Å². The Morgan fingerprint density at radius 2 is 2.42 bits per heavy atom. The Morgan fingerprint density at radius 1 is 1.63 bits per heavy atom. The van der Waals surface area contributed by atoms with Gasteiger partial charge in [-0.2, -0.15) is 0 Å². The van der Waals surface area contributed by atoms with E-state index in [-0.39, 0.29) is 5.75 Å². The van der Waals surface area contributed by atoms with Crippen LogP contribution < -0.4 is 0 Å². The molecule has 0 unspecified atom stereocenters. The van der Waals surface area contributed by atoms with Crippen molar-refractivity contribution in [3.05, 3.63) is 16.7 Å². The Hall–Kier alpha value is -1.12. The maximum absolute atomic E-state index is 10.7. The van der Waals surface area contributed by atoms with Crippen molar-refractivity contribution in [2.24, 2.45) is 0 Å². The van der Waals surface area contributed by atoms with E-state index in [1.807, 2.05) is 10.6 Å². The maximum Gasteiger partial charge on any atom is 0.313 e. The zero-order valence-corrected chi connectivity index (χ0v) is 12.6. The molecule has 0 bridgehead atoms. The molecule has 0 aliphatic rings. The Bertz CT molecular complexity index is 602. The van der Waals surface area contributed by atoms with Gasteiger partial charge in [-0.05, 0) is 22.0 Å². The molecule has 0 aliphatic heterocycles. The number of carboxylic acid groups (broad SMARTS) is 1. The predicted molar refractivity (Wildman–Crippen MR) is 75.5 cm³/mol. The van der Waals surface area contributed by atoms with Crippen molar-refractivity contribution in [2.45, 2.75) is 11.7 Å². The van der Waals surface area contributed by atoms with Crippen LogP contribution in [0, 0.1) is 0 Å². The summed E-state index contributed by atoms with van der Waals surface area (Å²) in [6.45, 7) is 1.10. The van der Waals surface area contributed by atoms with Gasteiger partial charge in [-0.25, -0.2) is 9.97 Å². The average Bonchev–Trinajstić information content (AvgIpc) is 2.70. The molecule has 0 amide bonds. The Morgan fingerprint density at radius 3 is 3.11 bits per heavy atom. The number of methoxy groups -OCH3 is 1. The summed E-state index contributed by atoms with van der Waals surface area (Å²) in [7, 11) is 1.62. The highest BCUT2D eigenvalue weighted by atomic mass is 79.9. The van der Waals surface area contributed by atoms with Gasteiger partial charge in [0.2, 0.25) is 0 Å². The van der Waals surface area contributed by atoms with E-state index < -0.39 is 5.97 Å². The van der Waals surface area contributed by atoms with Gasteiger partial charge >= 0.3 is 5.97 Å². The average molecular weight is 346 g/mol. The second kappa shape index (κ2) is 6.36. The normalized spacial score (nSPS) is 11.1. The summed E-state index contributed by atoms with van der Waals surface area (Å²) in [5, 5.41) is 9.39. The first-order valence-corrected chi connectivity index (χ1v) is 7.25. The molecule has 8 heteroatoms. The molecule has 0 saturated carbocycles. The number of ether oxygens (including phenoxy) is 1. The molecular weight excluding hydrogens is 334 g/mol. The van der Waals surface area contributed by atoms with Crippen molar-refractivity contribution in [2.75, 3.05) is 19.5 Å². The zero-order valence-electron chi connectivity index (χ0n) is 10.2. The molecule has 19 heavy (non-hydrogen) atoms. The molecule has 0 fully saturated rings. The Labute approximate surface area is 122 Å². The molecule has 2 rings (SSSR count). The minimum Gasteiger partial charge on any atom is -0.481 e. The molecular formula is C11H12BrN3O3S. The van der Waals surface area contributed by atoms with Gasteiger partial charge in [-0.3, -0.25) is 4.79 Å². The molecule has 0 aromatic carbocycles. The fourth-order valence-electron chi connectivity index (χ4n) is 1.59. The minimum absolute atomic E-state index is 0.0303. The second-order valence-electron chi connectivity index (χ2n) is 3.72. The number of carbonyl (C=O) groups is 1. The van der Waals surface area contributed by atoms with E-state index in [4.69, 9.17) is 9.84 Å². The SMILES string of the molecule is COCCn1c(SCC(=O)O)nc2cc(Br)cnc21. The third-order valence-corrected chi connectivity index (χ3v) is 3.76. The van der Waals surface area contributed by atoms with Gasteiger partial charge in [-0.1, -0.05) is 11.8 Å². The maximum atomic E-state index is 10.7. The lowest BCUT2D eigenvalue weighted by atomic mass is 10.4. The van der Waals surface area contributed by atoms with Crippen LogP contribution in [0.15, 0.2) is 21.9 Å². The van der Waals surface area contributed by atoms with Crippen LogP contribution in [0.1, 0.15) is 0 Å². The number of imidazole rings is 1. The van der Waals surface area contributed by atoms with Crippen LogP contribution in [0.25, 0.3) is 11.2 Å². The lowest BCUT2D eigenvalue weighted by Gasteiger charge is -2.06. The van der Waals surface area contributed by atoms with Gasteiger partial charge in [0.05, 0.1) is 18.9 Å². The fourth-order valence-corrected chi connectivity index (χ4v) is 2.65. The van der Waals surface area contributed by atoms with Crippen LogP contribution in [-0.2, 0) is 16.1 Å². The molecule has 0 atom stereocenters. The standard InChI is InChI=1S/C11H12BrN3O3S/c1-18-3-2-15-10-8(4-7(12)5-13-10)14-11(15)19-6-9(16)17/h4-5H,2-3,6H2,1H3,(H,16,17). The van der Waals surface area contributed by atoms with E-state index in [0.29, 0.717) is 18.3 Å². The second-order valence-corrected chi connectivity index (χ2v) is 5.58. The fraction of sp³-hybridized carbons (Fsp3) is 0.364. The first kappa shape index (κ1) is 14.3. The van der Waals surface area contributed by atoms with E-state index >= 15 is 0 Å². The Kier molecular flexibility index (Phi) is 4.78. The number of pyridine rings is 1. The smallest absolute Gasteiger partial charge is 0.313 e. The summed E-state index contributed by atoms with van der Waals surface area (Å²) in [5.74, 6) is -0.901. The first-order chi connectivity index (χ1) is 9.11. The van der Waals surface area contributed by atoms with Crippen LogP contribution in [0.3, 0.4) is 0 Å². The van der Waals surface area contributed by atoms with Crippen molar-refractivity contribution in [1.29, 1.82) is 0 Å². The number of aromatic nitrogens is 3. The highest BCUT2D eigenvalue weighted by molar-refractivity contribution is 9.10. The van der Waals surface area contributed by atoms with Crippen molar-refractivity contribution in [3.63, 3.8) is 0 Å². The first-order valence-electron chi connectivity index (χ1n) is 5.47. The van der Waals surface area contributed by atoms with Gasteiger partial charge in [0, 0.05) is 17.8 Å². The predicted octanol–water partition coefficient (Wildman–Crippen LogP) is 2.02. The number of nitrogens with zero attached hydrogens (tertiary/aromatic N) is 3. The summed E-state index contributed by atoms with van der Waals surface area (Å²) in [5.41, 5.74) is 1.46. The number of thioether (sulfide) groups is 1. The molecule has 0 radical (unpaired) electrons. The zero-order chi connectivity index (χ0) is 13.8. The van der Waals surface area contributed by atoms with Gasteiger partial charge in [0.25, 0.3) is 0 Å². The topological polar surface area (TPSA) is 77.2 Å². The molecule has 0 saturated heterocycles. The molecule has 1 N–H and O–H groups in total. The van der Waals surface area contributed by atoms with Crippen LogP contribution in [0.2, 0.25) is 0 Å². The van der Waals surface area contributed by atoms with E-state index in [1.54, 1.807) is 13.3 Å². The van der Waals surface area contributed by atoms with E-state index in [0.717, 1.165) is 15.6 Å². The molecule has 2 aromatic heterocycles. The third-order valence-electron chi connectivity index (χ3n) is 2.36. The highest BCUT2D eigenvalue weighted by Crippen LogP contribution is 2.24. The van der Waals surface area contributed by atoms with E-state index in [2.05, 4.69) is 25.9 Å². The van der Waals surface area contributed by atoms with Crippen molar-refractivity contribution < 1.29 is 14.6 Å². The number of rotatable bonds is 6. The summed E-state index contributed by atoms with van der Waals surface area (Å²) < 4.78 is 7.77. The molecule has 102 valence electrons. The minimum atomic E-state index is -0.871. The van der Waals surface area contributed by atoms with Crippen LogP contribution in [-0.4, -0.2) is 45.1 Å². The number of carboxylic acids is 1. The number of hydrogen-bond donors (Lipinski definition) is 1. The quantitative estimate of drug-likeness (QED) is 0.807. The lowest BCUT2D eigenvalue weighted by Crippen LogP contribution is -2.07. The number of aliphatic carboxylic acids is 1. The monoisotopic (exact) mass is 345 g/mol. The lowest BCUT2D eigenvalue weighted by molar-refractivity contribution is -0.133. The van der Waals surface area contributed by atoms with E-state index in [1.165, 1.54) is 11.8 Å².